The van der Waals surface area contributed by atoms with Crippen LogP contribution in [0.25, 0.3) is 5.69 Å². The molecule has 0 radical (unpaired) electrons. The number of amides is 1. The Morgan fingerprint density at radius 3 is 2.50 bits per heavy atom. The third-order valence-electron chi connectivity index (χ3n) is 4.46. The molecule has 3 aromatic rings. The maximum atomic E-state index is 13.3. The Labute approximate surface area is 155 Å². The van der Waals surface area contributed by atoms with Crippen LogP contribution in [-0.2, 0) is 4.79 Å². The molecule has 0 saturated carbocycles. The van der Waals surface area contributed by atoms with Gasteiger partial charge in [0.15, 0.2) is 0 Å². The van der Waals surface area contributed by atoms with Gasteiger partial charge in [-0.1, -0.05) is 29.8 Å². The molecular weight excluding hydrogens is 349 g/mol. The van der Waals surface area contributed by atoms with Gasteiger partial charge in [0.05, 0.1) is 22.4 Å². The van der Waals surface area contributed by atoms with Crippen molar-refractivity contribution in [1.82, 2.24) is 9.78 Å². The molecular formula is C20H18FN3OS. The fourth-order valence-electron chi connectivity index (χ4n) is 3.16. The van der Waals surface area contributed by atoms with Gasteiger partial charge in [0.1, 0.15) is 11.6 Å². The van der Waals surface area contributed by atoms with Crippen molar-refractivity contribution in [2.24, 2.45) is 0 Å². The smallest absolute Gasteiger partial charge is 0.235 e. The number of aromatic nitrogens is 2. The average molecular weight is 367 g/mol. The molecule has 4 nitrogen and oxygen atoms in total. The van der Waals surface area contributed by atoms with Crippen molar-refractivity contribution in [3.05, 3.63) is 76.7 Å². The van der Waals surface area contributed by atoms with E-state index >= 15 is 0 Å². The zero-order valence-electron chi connectivity index (χ0n) is 14.5. The summed E-state index contributed by atoms with van der Waals surface area (Å²) >= 11 is 1.59. The van der Waals surface area contributed by atoms with Crippen molar-refractivity contribution in [1.29, 1.82) is 0 Å². The number of benzene rings is 2. The summed E-state index contributed by atoms with van der Waals surface area (Å²) in [6.07, 6.45) is 0. The highest BCUT2D eigenvalue weighted by atomic mass is 32.2. The molecule has 1 aromatic heterocycles. The normalized spacial score (nSPS) is 16.7. The van der Waals surface area contributed by atoms with E-state index in [0.29, 0.717) is 17.3 Å². The van der Waals surface area contributed by atoms with Gasteiger partial charge in [-0.3, -0.25) is 4.79 Å². The van der Waals surface area contributed by atoms with E-state index in [1.54, 1.807) is 28.6 Å². The first-order valence-electron chi connectivity index (χ1n) is 8.36. The molecule has 0 bridgehead atoms. The number of anilines is 1. The van der Waals surface area contributed by atoms with Crippen molar-refractivity contribution in [2.45, 2.75) is 19.1 Å². The van der Waals surface area contributed by atoms with Crippen LogP contribution in [0.3, 0.4) is 0 Å². The van der Waals surface area contributed by atoms with Crippen LogP contribution in [-0.4, -0.2) is 21.4 Å². The molecule has 4 rings (SSSR count). The first-order valence-corrected chi connectivity index (χ1v) is 9.41. The number of carbonyl (C=O) groups excluding carboxylic acids is 1. The Morgan fingerprint density at radius 1 is 1.12 bits per heavy atom. The standard InChI is InChI=1S/C20H18FN3OS/c1-12-3-5-14(6-4-12)19-18-13(2)23-24(16-9-7-15(21)8-10-16)20(18)22-17(25)11-26-19/h3-10,19H,11H2,1-2H3,(H,22,25)/t19-/m1/s1. The zero-order valence-corrected chi connectivity index (χ0v) is 15.3. The minimum Gasteiger partial charge on any atom is -0.310 e. The summed E-state index contributed by atoms with van der Waals surface area (Å²) in [6.45, 7) is 4.00. The maximum absolute atomic E-state index is 13.3. The summed E-state index contributed by atoms with van der Waals surface area (Å²) in [5, 5.41) is 7.62. The molecule has 0 fully saturated rings. The number of carbonyl (C=O) groups is 1. The molecule has 1 aliphatic heterocycles. The van der Waals surface area contributed by atoms with E-state index in [9.17, 15) is 9.18 Å². The van der Waals surface area contributed by atoms with Gasteiger partial charge >= 0.3 is 0 Å². The Bertz CT molecular complexity index is 964. The number of nitrogens with one attached hydrogen (secondary N) is 1. The predicted octanol–water partition coefficient (Wildman–Crippen LogP) is 4.40. The lowest BCUT2D eigenvalue weighted by Gasteiger charge is -2.15. The van der Waals surface area contributed by atoms with Crippen LogP contribution in [0.4, 0.5) is 10.2 Å². The Balaban J connectivity index is 1.87. The van der Waals surface area contributed by atoms with Gasteiger partial charge in [-0.25, -0.2) is 9.07 Å². The highest BCUT2D eigenvalue weighted by Gasteiger charge is 2.30. The van der Waals surface area contributed by atoms with E-state index in [1.807, 2.05) is 6.92 Å². The second-order valence-corrected chi connectivity index (χ2v) is 7.48. The van der Waals surface area contributed by atoms with E-state index < -0.39 is 0 Å². The first kappa shape index (κ1) is 16.8. The lowest BCUT2D eigenvalue weighted by atomic mass is 10.0. The molecule has 26 heavy (non-hydrogen) atoms. The van der Waals surface area contributed by atoms with Crippen LogP contribution >= 0.6 is 11.8 Å². The average Bonchev–Trinajstić information content (AvgIpc) is 2.83. The molecule has 2 heterocycles. The monoisotopic (exact) mass is 367 g/mol. The topological polar surface area (TPSA) is 46.9 Å². The van der Waals surface area contributed by atoms with Gasteiger partial charge in [-0.2, -0.15) is 5.10 Å². The van der Waals surface area contributed by atoms with Crippen molar-refractivity contribution >= 4 is 23.5 Å². The van der Waals surface area contributed by atoms with Gasteiger partial charge in [0.25, 0.3) is 0 Å². The third kappa shape index (κ3) is 3.01. The number of nitrogens with zero attached hydrogens (tertiary/aromatic N) is 2. The second kappa shape index (κ2) is 6.61. The van der Waals surface area contributed by atoms with Crippen LogP contribution in [0.15, 0.2) is 48.5 Å². The number of hydrogen-bond acceptors (Lipinski definition) is 3. The van der Waals surface area contributed by atoms with Crippen LogP contribution < -0.4 is 5.32 Å². The molecule has 132 valence electrons. The number of hydrogen-bond donors (Lipinski definition) is 1. The van der Waals surface area contributed by atoms with Crippen molar-refractivity contribution in [3.63, 3.8) is 0 Å². The summed E-state index contributed by atoms with van der Waals surface area (Å²) < 4.78 is 15.0. The van der Waals surface area contributed by atoms with Gasteiger partial charge < -0.3 is 5.32 Å². The van der Waals surface area contributed by atoms with Crippen LogP contribution in [0.2, 0.25) is 0 Å². The number of rotatable bonds is 2. The first-order chi connectivity index (χ1) is 12.5. The number of halogens is 1. The minimum atomic E-state index is -0.305. The van der Waals surface area contributed by atoms with E-state index in [-0.39, 0.29) is 17.0 Å². The Hall–Kier alpha value is -2.60. The molecule has 2 aromatic carbocycles. The minimum absolute atomic E-state index is 0.0127. The fourth-order valence-corrected chi connectivity index (χ4v) is 4.35. The molecule has 6 heteroatoms. The summed E-state index contributed by atoms with van der Waals surface area (Å²) in [5.41, 5.74) is 4.89. The Morgan fingerprint density at radius 2 is 1.81 bits per heavy atom. The van der Waals surface area contributed by atoms with E-state index in [0.717, 1.165) is 16.8 Å². The van der Waals surface area contributed by atoms with E-state index in [1.165, 1.54) is 17.7 Å². The molecule has 1 atom stereocenters. The van der Waals surface area contributed by atoms with Crippen molar-refractivity contribution < 1.29 is 9.18 Å². The molecule has 0 saturated heterocycles. The molecule has 0 aliphatic carbocycles. The van der Waals surface area contributed by atoms with Crippen LogP contribution in [0.5, 0.6) is 0 Å². The van der Waals surface area contributed by atoms with Gasteiger partial charge in [-0.05, 0) is 43.7 Å². The van der Waals surface area contributed by atoms with E-state index in [2.05, 4.69) is 41.6 Å². The highest BCUT2D eigenvalue weighted by Crippen LogP contribution is 2.43. The fraction of sp³-hybridized carbons (Fsp3) is 0.200. The molecule has 0 spiro atoms. The molecule has 1 amide bonds. The van der Waals surface area contributed by atoms with Crippen LogP contribution in [0.1, 0.15) is 27.6 Å². The van der Waals surface area contributed by atoms with Gasteiger partial charge in [0.2, 0.25) is 5.91 Å². The van der Waals surface area contributed by atoms with Crippen molar-refractivity contribution in [2.75, 3.05) is 11.1 Å². The predicted molar refractivity (Wildman–Crippen MR) is 102 cm³/mol. The largest absolute Gasteiger partial charge is 0.310 e. The second-order valence-electron chi connectivity index (χ2n) is 6.39. The van der Waals surface area contributed by atoms with Gasteiger partial charge in [0, 0.05) is 5.56 Å². The summed E-state index contributed by atoms with van der Waals surface area (Å²) in [4.78, 5) is 12.3. The lowest BCUT2D eigenvalue weighted by Crippen LogP contribution is -2.15. The summed E-state index contributed by atoms with van der Waals surface area (Å²) in [5.74, 6) is 0.667. The Kier molecular flexibility index (Phi) is 4.28. The number of fused-ring (bicyclic) bond motifs is 1. The van der Waals surface area contributed by atoms with Crippen LogP contribution in [0, 0.1) is 19.7 Å². The third-order valence-corrected chi connectivity index (χ3v) is 5.73. The molecule has 1 N–H and O–H groups in total. The SMILES string of the molecule is Cc1ccc([C@H]2SCC(=O)Nc3c2c(C)nn3-c2ccc(F)cc2)cc1. The highest BCUT2D eigenvalue weighted by molar-refractivity contribution is 8.00. The van der Waals surface area contributed by atoms with E-state index in [4.69, 9.17) is 0 Å². The summed E-state index contributed by atoms with van der Waals surface area (Å²) in [6, 6.07) is 14.5. The molecule has 1 aliphatic rings. The zero-order chi connectivity index (χ0) is 18.3. The maximum Gasteiger partial charge on any atom is 0.235 e. The lowest BCUT2D eigenvalue weighted by molar-refractivity contribution is -0.113. The van der Waals surface area contributed by atoms with Gasteiger partial charge in [-0.15, -0.1) is 11.8 Å². The summed E-state index contributed by atoms with van der Waals surface area (Å²) in [7, 11) is 0. The number of thioether (sulfide) groups is 1. The molecule has 0 unspecified atom stereocenters. The van der Waals surface area contributed by atoms with Crippen molar-refractivity contribution in [3.8, 4) is 5.69 Å². The quantitative estimate of drug-likeness (QED) is 0.730. The number of aryl methyl sites for hydroxylation is 2.